The van der Waals surface area contributed by atoms with E-state index >= 15 is 0 Å². The fraction of sp³-hybridized carbons (Fsp3) is 0.417. The third-order valence-electron chi connectivity index (χ3n) is 2.49. The van der Waals surface area contributed by atoms with Crippen LogP contribution in [-0.4, -0.2) is 48.9 Å². The van der Waals surface area contributed by atoms with E-state index in [1.807, 2.05) is 0 Å². The smallest absolute Gasteiger partial charge is 0.342 e. The Morgan fingerprint density at radius 3 is 2.19 bits per heavy atom. The first-order valence-electron chi connectivity index (χ1n) is 5.72. The second-order valence-electron chi connectivity index (χ2n) is 3.77. The van der Waals surface area contributed by atoms with Gasteiger partial charge < -0.3 is 18.9 Å². The Morgan fingerprint density at radius 2 is 1.71 bits per heavy atom. The Balaban J connectivity index is 3.27. The lowest BCUT2D eigenvalue weighted by Gasteiger charge is -2.12. The van der Waals surface area contributed by atoms with Gasteiger partial charge in [0.1, 0.15) is 28.6 Å². The van der Waals surface area contributed by atoms with Crippen molar-refractivity contribution in [1.82, 2.24) is 0 Å². The van der Waals surface area contributed by atoms with Crippen molar-refractivity contribution in [3.8, 4) is 11.5 Å². The molecule has 1 aromatic rings. The Hall–Kier alpha value is -1.51. The van der Waals surface area contributed by atoms with E-state index in [-0.39, 0.29) is 35.2 Å². The van der Waals surface area contributed by atoms with Crippen LogP contribution in [0.4, 0.5) is 0 Å². The number of methoxy groups -OCH3 is 3. The molecule has 0 atom stereocenters. The Kier molecular flexibility index (Phi) is 6.25. The van der Waals surface area contributed by atoms with Crippen LogP contribution in [-0.2, 0) is 18.5 Å². The Morgan fingerprint density at radius 1 is 1.10 bits per heavy atom. The Labute approximate surface area is 127 Å². The minimum atomic E-state index is -4.09. The van der Waals surface area contributed by atoms with Gasteiger partial charge >= 0.3 is 5.97 Å². The molecule has 0 aliphatic carbocycles. The summed E-state index contributed by atoms with van der Waals surface area (Å²) in [5, 5.41) is 0. The number of rotatable bonds is 7. The molecule has 0 aliphatic heterocycles. The number of benzene rings is 1. The molecular formula is C12H15ClO7S. The van der Waals surface area contributed by atoms with Gasteiger partial charge in [0, 0.05) is 23.9 Å². The normalized spacial score (nSPS) is 11.0. The van der Waals surface area contributed by atoms with Crippen molar-refractivity contribution in [2.24, 2.45) is 0 Å². The third kappa shape index (κ3) is 4.48. The lowest BCUT2D eigenvalue weighted by molar-refractivity contribution is 0.0384. The van der Waals surface area contributed by atoms with Gasteiger partial charge in [0.05, 0.1) is 20.8 Å². The van der Waals surface area contributed by atoms with E-state index in [1.165, 1.54) is 27.4 Å². The van der Waals surface area contributed by atoms with Gasteiger partial charge in [0.15, 0.2) is 0 Å². The van der Waals surface area contributed by atoms with Crippen LogP contribution in [0.2, 0.25) is 0 Å². The fourth-order valence-electron chi connectivity index (χ4n) is 1.52. The van der Waals surface area contributed by atoms with E-state index in [0.717, 1.165) is 6.07 Å². The minimum Gasteiger partial charge on any atom is -0.496 e. The van der Waals surface area contributed by atoms with Crippen molar-refractivity contribution in [2.45, 2.75) is 4.90 Å². The van der Waals surface area contributed by atoms with Crippen LogP contribution in [0.5, 0.6) is 11.5 Å². The molecule has 0 saturated heterocycles. The highest BCUT2D eigenvalue weighted by atomic mass is 35.7. The lowest BCUT2D eigenvalue weighted by Crippen LogP contribution is -2.12. The quantitative estimate of drug-likeness (QED) is 0.422. The summed E-state index contributed by atoms with van der Waals surface area (Å²) in [5.74, 6) is -0.679. The zero-order chi connectivity index (χ0) is 16.0. The van der Waals surface area contributed by atoms with Crippen LogP contribution in [0.3, 0.4) is 0 Å². The van der Waals surface area contributed by atoms with Crippen molar-refractivity contribution < 1.29 is 32.2 Å². The molecule has 118 valence electrons. The van der Waals surface area contributed by atoms with Crippen LogP contribution in [0.1, 0.15) is 10.4 Å². The number of carbonyl (C=O) groups is 1. The van der Waals surface area contributed by atoms with Crippen LogP contribution in [0, 0.1) is 0 Å². The van der Waals surface area contributed by atoms with E-state index in [4.69, 9.17) is 29.6 Å². The number of carbonyl (C=O) groups excluding carboxylic acids is 1. The molecule has 0 N–H and O–H groups in total. The summed E-state index contributed by atoms with van der Waals surface area (Å²) in [5.41, 5.74) is -0.0753. The molecule has 0 fully saturated rings. The summed E-state index contributed by atoms with van der Waals surface area (Å²) in [6.07, 6.45) is 0. The molecule has 0 heterocycles. The summed E-state index contributed by atoms with van der Waals surface area (Å²) in [6.45, 7) is 0.234. The summed E-state index contributed by atoms with van der Waals surface area (Å²) >= 11 is 0. The summed E-state index contributed by atoms with van der Waals surface area (Å²) in [7, 11) is 5.29. The molecule has 0 aliphatic rings. The largest absolute Gasteiger partial charge is 0.496 e. The predicted molar refractivity (Wildman–Crippen MR) is 74.7 cm³/mol. The minimum absolute atomic E-state index is 0.0213. The topological polar surface area (TPSA) is 88.1 Å². The molecule has 7 nitrogen and oxygen atoms in total. The van der Waals surface area contributed by atoms with Crippen molar-refractivity contribution in [3.63, 3.8) is 0 Å². The number of hydrogen-bond donors (Lipinski definition) is 0. The Bertz CT molecular complexity index is 612. The second-order valence-corrected chi connectivity index (χ2v) is 6.30. The molecule has 0 saturated carbocycles. The van der Waals surface area contributed by atoms with Gasteiger partial charge in [0.25, 0.3) is 9.05 Å². The summed E-state index contributed by atoms with van der Waals surface area (Å²) in [6, 6.07) is 2.30. The lowest BCUT2D eigenvalue weighted by atomic mass is 10.2. The maximum atomic E-state index is 11.9. The molecule has 1 rings (SSSR count). The maximum absolute atomic E-state index is 11.9. The van der Waals surface area contributed by atoms with E-state index in [1.54, 1.807) is 0 Å². The average molecular weight is 339 g/mol. The highest BCUT2D eigenvalue weighted by molar-refractivity contribution is 8.13. The van der Waals surface area contributed by atoms with Crippen molar-refractivity contribution >= 4 is 25.7 Å². The third-order valence-corrected chi connectivity index (χ3v) is 3.83. The zero-order valence-electron chi connectivity index (χ0n) is 11.7. The maximum Gasteiger partial charge on any atom is 0.342 e. The van der Waals surface area contributed by atoms with E-state index in [9.17, 15) is 13.2 Å². The highest BCUT2D eigenvalue weighted by Gasteiger charge is 2.24. The molecule has 1 aromatic carbocycles. The van der Waals surface area contributed by atoms with Crippen molar-refractivity contribution in [3.05, 3.63) is 17.7 Å². The van der Waals surface area contributed by atoms with Gasteiger partial charge in [0.2, 0.25) is 0 Å². The van der Waals surface area contributed by atoms with E-state index < -0.39 is 15.0 Å². The van der Waals surface area contributed by atoms with Crippen LogP contribution >= 0.6 is 10.7 Å². The van der Waals surface area contributed by atoms with Crippen LogP contribution in [0.15, 0.2) is 17.0 Å². The van der Waals surface area contributed by atoms with E-state index in [0.29, 0.717) is 0 Å². The van der Waals surface area contributed by atoms with Crippen molar-refractivity contribution in [1.29, 1.82) is 0 Å². The molecular weight excluding hydrogens is 324 g/mol. The van der Waals surface area contributed by atoms with E-state index in [2.05, 4.69) is 0 Å². The fourth-order valence-corrected chi connectivity index (χ4v) is 2.52. The van der Waals surface area contributed by atoms with Gasteiger partial charge in [-0.15, -0.1) is 0 Å². The predicted octanol–water partition coefficient (Wildman–Crippen LogP) is 1.43. The first-order valence-corrected chi connectivity index (χ1v) is 8.02. The monoisotopic (exact) mass is 338 g/mol. The number of ether oxygens (including phenoxy) is 4. The SMILES string of the molecule is COCCOC(=O)c1cc(S(=O)(=O)Cl)c(OC)cc1OC. The molecule has 0 spiro atoms. The van der Waals surface area contributed by atoms with Crippen molar-refractivity contribution in [2.75, 3.05) is 34.5 Å². The van der Waals surface area contributed by atoms with Gasteiger partial charge in [-0.3, -0.25) is 0 Å². The van der Waals surface area contributed by atoms with Gasteiger partial charge in [-0.05, 0) is 6.07 Å². The average Bonchev–Trinajstić information content (AvgIpc) is 2.44. The van der Waals surface area contributed by atoms with Gasteiger partial charge in [-0.2, -0.15) is 0 Å². The molecule has 0 bridgehead atoms. The molecule has 0 radical (unpaired) electrons. The van der Waals surface area contributed by atoms with Crippen LogP contribution in [0.25, 0.3) is 0 Å². The first-order chi connectivity index (χ1) is 9.85. The second kappa shape index (κ2) is 7.48. The molecule has 9 heteroatoms. The standard InChI is InChI=1S/C12H15ClO7S/c1-17-4-5-20-12(14)8-6-11(21(13,15)16)10(19-3)7-9(8)18-2/h6-7H,4-5H2,1-3H3. The highest BCUT2D eigenvalue weighted by Crippen LogP contribution is 2.34. The number of esters is 1. The van der Waals surface area contributed by atoms with Crippen LogP contribution < -0.4 is 9.47 Å². The molecule has 0 aromatic heterocycles. The summed E-state index contributed by atoms with van der Waals surface area (Å²) in [4.78, 5) is 11.6. The number of halogens is 1. The molecule has 0 amide bonds. The molecule has 21 heavy (non-hydrogen) atoms. The van der Waals surface area contributed by atoms with Gasteiger partial charge in [-0.25, -0.2) is 13.2 Å². The first kappa shape index (κ1) is 17.5. The van der Waals surface area contributed by atoms with Gasteiger partial charge in [-0.1, -0.05) is 0 Å². The number of hydrogen-bond acceptors (Lipinski definition) is 7. The molecule has 0 unspecified atom stereocenters. The zero-order valence-corrected chi connectivity index (χ0v) is 13.3. The summed E-state index contributed by atoms with van der Waals surface area (Å²) < 4.78 is 42.7.